The number of anilines is 1. The van der Waals surface area contributed by atoms with Crippen molar-refractivity contribution in [3.05, 3.63) is 48.4 Å². The molecule has 7 heteroatoms. The molecular weight excluding hydrogens is 347 g/mol. The van der Waals surface area contributed by atoms with E-state index in [-0.39, 0.29) is 23.1 Å². The number of urea groups is 1. The average Bonchev–Trinajstić information content (AvgIpc) is 3.24. The van der Waals surface area contributed by atoms with E-state index in [1.807, 2.05) is 4.90 Å². The van der Waals surface area contributed by atoms with E-state index in [9.17, 15) is 9.18 Å². The Morgan fingerprint density at radius 3 is 2.70 bits per heavy atom. The summed E-state index contributed by atoms with van der Waals surface area (Å²) in [5.74, 6) is 0.407. The Kier molecular flexibility index (Phi) is 4.70. The van der Waals surface area contributed by atoms with E-state index in [2.05, 4.69) is 22.2 Å². The van der Waals surface area contributed by atoms with Crippen LogP contribution in [0.2, 0.25) is 0 Å². The molecule has 0 unspecified atom stereocenters. The van der Waals surface area contributed by atoms with E-state index in [1.165, 1.54) is 24.3 Å². The lowest BCUT2D eigenvalue weighted by Gasteiger charge is -2.24. The number of nitrogens with one attached hydrogen (secondary N) is 1. The summed E-state index contributed by atoms with van der Waals surface area (Å²) >= 11 is 0. The third-order valence-electron chi connectivity index (χ3n) is 5.40. The SMILES string of the molecule is CN1CC[C@]2(CCN(C(=O)Nc3cccnc3Oc3ccc(F)cc3)C2)C1. The van der Waals surface area contributed by atoms with Crippen molar-refractivity contribution in [2.75, 3.05) is 38.5 Å². The van der Waals surface area contributed by atoms with E-state index < -0.39 is 0 Å². The van der Waals surface area contributed by atoms with Crippen LogP contribution in [-0.2, 0) is 0 Å². The molecule has 2 saturated heterocycles. The average molecular weight is 370 g/mol. The van der Waals surface area contributed by atoms with E-state index >= 15 is 0 Å². The fraction of sp³-hybridized carbons (Fsp3) is 0.400. The van der Waals surface area contributed by atoms with Gasteiger partial charge in [-0.1, -0.05) is 0 Å². The lowest BCUT2D eigenvalue weighted by Crippen LogP contribution is -2.36. The summed E-state index contributed by atoms with van der Waals surface area (Å²) in [6.07, 6.45) is 3.77. The minimum Gasteiger partial charge on any atom is -0.437 e. The van der Waals surface area contributed by atoms with Gasteiger partial charge in [0.1, 0.15) is 17.3 Å². The van der Waals surface area contributed by atoms with E-state index in [0.29, 0.717) is 11.4 Å². The molecule has 0 radical (unpaired) electrons. The second-order valence-electron chi connectivity index (χ2n) is 7.50. The number of halogens is 1. The zero-order valence-corrected chi connectivity index (χ0v) is 15.3. The van der Waals surface area contributed by atoms with E-state index in [0.717, 1.165) is 39.0 Å². The Morgan fingerprint density at radius 2 is 1.96 bits per heavy atom. The maximum Gasteiger partial charge on any atom is 0.322 e. The summed E-state index contributed by atoms with van der Waals surface area (Å²) in [6.45, 7) is 3.67. The van der Waals surface area contributed by atoms with Crippen molar-refractivity contribution in [3.63, 3.8) is 0 Å². The third kappa shape index (κ3) is 3.88. The molecule has 6 nitrogen and oxygen atoms in total. The molecule has 1 aromatic carbocycles. The third-order valence-corrected chi connectivity index (χ3v) is 5.40. The highest BCUT2D eigenvalue weighted by Gasteiger charge is 2.43. The van der Waals surface area contributed by atoms with Gasteiger partial charge in [0.25, 0.3) is 0 Å². The molecule has 3 heterocycles. The van der Waals surface area contributed by atoms with Crippen molar-refractivity contribution in [3.8, 4) is 11.6 Å². The summed E-state index contributed by atoms with van der Waals surface area (Å²) in [5.41, 5.74) is 0.727. The lowest BCUT2D eigenvalue weighted by molar-refractivity contribution is 0.212. The number of hydrogen-bond donors (Lipinski definition) is 1. The summed E-state index contributed by atoms with van der Waals surface area (Å²) in [5, 5.41) is 2.91. The zero-order valence-electron chi connectivity index (χ0n) is 15.3. The first-order valence-electron chi connectivity index (χ1n) is 9.16. The van der Waals surface area contributed by atoms with Gasteiger partial charge in [0, 0.05) is 31.2 Å². The largest absolute Gasteiger partial charge is 0.437 e. The molecule has 1 aromatic heterocycles. The molecule has 1 spiro atoms. The van der Waals surface area contributed by atoms with Crippen LogP contribution in [0.3, 0.4) is 0 Å². The Bertz CT molecular complexity index is 829. The smallest absolute Gasteiger partial charge is 0.322 e. The minimum absolute atomic E-state index is 0.140. The van der Waals surface area contributed by atoms with Gasteiger partial charge in [0.05, 0.1) is 0 Å². The Labute approximate surface area is 157 Å². The van der Waals surface area contributed by atoms with Gasteiger partial charge in [-0.15, -0.1) is 0 Å². The predicted molar refractivity (Wildman–Crippen MR) is 100 cm³/mol. The van der Waals surface area contributed by atoms with Crippen LogP contribution in [0, 0.1) is 11.2 Å². The number of carbonyl (C=O) groups excluding carboxylic acids is 1. The number of aromatic nitrogens is 1. The van der Waals surface area contributed by atoms with E-state index in [1.54, 1.807) is 18.3 Å². The number of hydrogen-bond acceptors (Lipinski definition) is 4. The predicted octanol–water partition coefficient (Wildman–Crippen LogP) is 3.57. The number of pyridine rings is 1. The molecule has 27 heavy (non-hydrogen) atoms. The topological polar surface area (TPSA) is 57.7 Å². The van der Waals surface area contributed by atoms with Crippen molar-refractivity contribution in [1.82, 2.24) is 14.8 Å². The maximum atomic E-state index is 13.1. The van der Waals surface area contributed by atoms with Crippen molar-refractivity contribution >= 4 is 11.7 Å². The monoisotopic (exact) mass is 370 g/mol. The molecule has 2 aliphatic rings. The molecule has 1 N–H and O–H groups in total. The van der Waals surface area contributed by atoms with Crippen LogP contribution in [0.25, 0.3) is 0 Å². The van der Waals surface area contributed by atoms with Crippen LogP contribution in [0.1, 0.15) is 12.8 Å². The molecule has 0 aliphatic carbocycles. The van der Waals surface area contributed by atoms with Gasteiger partial charge in [0.2, 0.25) is 5.88 Å². The van der Waals surface area contributed by atoms with Crippen LogP contribution in [0.4, 0.5) is 14.9 Å². The standard InChI is InChI=1S/C20H23FN4O2/c1-24-11-8-20(13-24)9-12-25(14-20)19(26)23-17-3-2-10-22-18(17)27-16-6-4-15(21)5-7-16/h2-7,10H,8-9,11-14H2,1H3,(H,23,26)/t20-/m0/s1. The first-order valence-corrected chi connectivity index (χ1v) is 9.16. The molecule has 2 amide bonds. The minimum atomic E-state index is -0.336. The fourth-order valence-corrected chi connectivity index (χ4v) is 3.98. The highest BCUT2D eigenvalue weighted by Crippen LogP contribution is 2.39. The second-order valence-corrected chi connectivity index (χ2v) is 7.50. The van der Waals surface area contributed by atoms with Crippen molar-refractivity contribution in [1.29, 1.82) is 0 Å². The number of carbonyl (C=O) groups is 1. The highest BCUT2D eigenvalue weighted by atomic mass is 19.1. The summed E-state index contributed by atoms with van der Waals surface area (Å²) in [4.78, 5) is 21.2. The molecule has 4 rings (SSSR count). The number of nitrogens with zero attached hydrogens (tertiary/aromatic N) is 3. The van der Waals surface area contributed by atoms with Crippen LogP contribution >= 0.6 is 0 Å². The summed E-state index contributed by atoms with van der Waals surface area (Å²) in [6, 6.07) is 9.03. The molecule has 142 valence electrons. The quantitative estimate of drug-likeness (QED) is 0.897. The number of ether oxygens (including phenoxy) is 1. The number of rotatable bonds is 3. The van der Waals surface area contributed by atoms with Crippen molar-refractivity contribution in [2.45, 2.75) is 12.8 Å². The first kappa shape index (κ1) is 17.7. The normalized spacial score (nSPS) is 22.4. The van der Waals surface area contributed by atoms with Crippen molar-refractivity contribution < 1.29 is 13.9 Å². The van der Waals surface area contributed by atoms with Gasteiger partial charge in [-0.25, -0.2) is 14.2 Å². The summed E-state index contributed by atoms with van der Waals surface area (Å²) < 4.78 is 18.8. The Hall–Kier alpha value is -2.67. The molecule has 0 saturated carbocycles. The molecule has 0 bridgehead atoms. The number of likely N-dealkylation sites (tertiary alicyclic amines) is 2. The highest BCUT2D eigenvalue weighted by molar-refractivity contribution is 5.90. The van der Waals surface area contributed by atoms with Gasteiger partial charge >= 0.3 is 6.03 Å². The van der Waals surface area contributed by atoms with Crippen molar-refractivity contribution in [2.24, 2.45) is 5.41 Å². The molecule has 2 aromatic rings. The van der Waals surface area contributed by atoms with E-state index in [4.69, 9.17) is 4.74 Å². The van der Waals surface area contributed by atoms with Gasteiger partial charge in [-0.2, -0.15) is 0 Å². The lowest BCUT2D eigenvalue weighted by atomic mass is 9.86. The van der Waals surface area contributed by atoms with Crippen LogP contribution in [0.5, 0.6) is 11.6 Å². The fourth-order valence-electron chi connectivity index (χ4n) is 3.98. The Balaban J connectivity index is 1.43. The van der Waals surface area contributed by atoms with Gasteiger partial charge < -0.3 is 19.9 Å². The maximum absolute atomic E-state index is 13.1. The number of amides is 2. The van der Waals surface area contributed by atoms with Crippen LogP contribution in [0.15, 0.2) is 42.6 Å². The van der Waals surface area contributed by atoms with Crippen LogP contribution in [-0.4, -0.2) is 54.0 Å². The number of benzene rings is 1. The molecule has 2 fully saturated rings. The van der Waals surface area contributed by atoms with Gasteiger partial charge in [0.15, 0.2) is 0 Å². The molecule has 2 aliphatic heterocycles. The van der Waals surface area contributed by atoms with Crippen LogP contribution < -0.4 is 10.1 Å². The first-order chi connectivity index (χ1) is 13.0. The molecular formula is C20H23FN4O2. The van der Waals surface area contributed by atoms with Gasteiger partial charge in [-0.05, 0) is 62.8 Å². The Morgan fingerprint density at radius 1 is 1.19 bits per heavy atom. The second kappa shape index (κ2) is 7.15. The zero-order chi connectivity index (χ0) is 18.9. The molecule has 1 atom stereocenters. The summed E-state index contributed by atoms with van der Waals surface area (Å²) in [7, 11) is 2.13. The van der Waals surface area contributed by atoms with Gasteiger partial charge in [-0.3, -0.25) is 0 Å².